The molecule has 200 valence electrons. The highest BCUT2D eigenvalue weighted by molar-refractivity contribution is 5.95. The second-order valence-electron chi connectivity index (χ2n) is 9.15. The van der Waals surface area contributed by atoms with Gasteiger partial charge < -0.3 is 24.8 Å². The third-order valence-electron chi connectivity index (χ3n) is 5.58. The SMILES string of the molecule is COC(=O)c1cc(OCCNC(=O)c2cc(C)cc(C)c2)cc(OCCNC(=O)c2cc(C)cc(C)c2)c1. The normalized spacial score (nSPS) is 10.4. The standard InChI is InChI=1S/C30H34N2O6/c1-19-10-20(2)13-23(12-19)28(33)31-6-8-37-26-16-25(30(35)36-5)17-27(18-26)38-9-7-32-29(34)24-14-21(3)11-22(4)15-24/h10-18H,6-9H2,1-5H3,(H,31,33)(H,32,34). The quantitative estimate of drug-likeness (QED) is 0.289. The van der Waals surface area contributed by atoms with Crippen molar-refractivity contribution < 1.29 is 28.6 Å². The number of benzene rings is 3. The van der Waals surface area contributed by atoms with Crippen molar-refractivity contribution in [3.8, 4) is 11.5 Å². The van der Waals surface area contributed by atoms with Crippen LogP contribution in [0.3, 0.4) is 0 Å². The van der Waals surface area contributed by atoms with Gasteiger partial charge in [0.2, 0.25) is 0 Å². The minimum absolute atomic E-state index is 0.185. The molecule has 0 fully saturated rings. The molecule has 0 aliphatic carbocycles. The Morgan fingerprint density at radius 2 is 0.974 bits per heavy atom. The lowest BCUT2D eigenvalue weighted by atomic mass is 10.1. The molecule has 3 rings (SSSR count). The van der Waals surface area contributed by atoms with Gasteiger partial charge in [-0.2, -0.15) is 0 Å². The van der Waals surface area contributed by atoms with Crippen molar-refractivity contribution in [3.05, 3.63) is 93.5 Å². The van der Waals surface area contributed by atoms with Crippen LogP contribution in [0.5, 0.6) is 11.5 Å². The van der Waals surface area contributed by atoms with Crippen LogP contribution in [0.4, 0.5) is 0 Å². The maximum absolute atomic E-state index is 12.4. The van der Waals surface area contributed by atoms with E-state index >= 15 is 0 Å². The van der Waals surface area contributed by atoms with E-state index in [1.54, 1.807) is 18.2 Å². The fourth-order valence-electron chi connectivity index (χ4n) is 4.06. The molecule has 0 saturated carbocycles. The van der Waals surface area contributed by atoms with Crippen LogP contribution in [0.1, 0.15) is 53.3 Å². The predicted octanol–water partition coefficient (Wildman–Crippen LogP) is 4.32. The van der Waals surface area contributed by atoms with Gasteiger partial charge in [-0.15, -0.1) is 0 Å². The van der Waals surface area contributed by atoms with Crippen LogP contribution in [-0.4, -0.2) is 51.2 Å². The molecule has 2 amide bonds. The third kappa shape index (κ3) is 8.37. The zero-order valence-corrected chi connectivity index (χ0v) is 22.5. The van der Waals surface area contributed by atoms with Crippen molar-refractivity contribution in [2.75, 3.05) is 33.4 Å². The Morgan fingerprint density at radius 1 is 0.579 bits per heavy atom. The van der Waals surface area contributed by atoms with E-state index in [4.69, 9.17) is 14.2 Å². The summed E-state index contributed by atoms with van der Waals surface area (Å²) in [5.41, 5.74) is 5.52. The summed E-state index contributed by atoms with van der Waals surface area (Å²) < 4.78 is 16.4. The van der Waals surface area contributed by atoms with Gasteiger partial charge in [-0.25, -0.2) is 4.79 Å². The molecule has 0 aliphatic heterocycles. The van der Waals surface area contributed by atoms with Gasteiger partial charge in [-0.3, -0.25) is 9.59 Å². The zero-order valence-electron chi connectivity index (χ0n) is 22.5. The molecule has 3 aromatic carbocycles. The number of hydrogen-bond acceptors (Lipinski definition) is 6. The van der Waals surface area contributed by atoms with Crippen LogP contribution in [0.25, 0.3) is 0 Å². The molecule has 0 spiro atoms. The van der Waals surface area contributed by atoms with Crippen molar-refractivity contribution in [1.29, 1.82) is 0 Å². The van der Waals surface area contributed by atoms with Gasteiger partial charge >= 0.3 is 5.97 Å². The van der Waals surface area contributed by atoms with Gasteiger partial charge in [0.1, 0.15) is 24.7 Å². The lowest BCUT2D eigenvalue weighted by Gasteiger charge is -2.13. The van der Waals surface area contributed by atoms with Gasteiger partial charge in [0.15, 0.2) is 0 Å². The molecular formula is C30H34N2O6. The number of amides is 2. The van der Waals surface area contributed by atoms with Crippen LogP contribution in [0.15, 0.2) is 54.6 Å². The number of carbonyl (C=O) groups is 3. The molecule has 0 saturated heterocycles. The second kappa shape index (κ2) is 13.3. The fourth-order valence-corrected chi connectivity index (χ4v) is 4.06. The number of rotatable bonds is 11. The first kappa shape index (κ1) is 28.2. The Balaban J connectivity index is 1.54. The number of nitrogens with one attached hydrogen (secondary N) is 2. The van der Waals surface area contributed by atoms with Crippen molar-refractivity contribution in [3.63, 3.8) is 0 Å². The molecule has 8 heteroatoms. The molecule has 3 aromatic rings. The van der Waals surface area contributed by atoms with Gasteiger partial charge in [-0.1, -0.05) is 34.4 Å². The number of aryl methyl sites for hydroxylation is 4. The summed E-state index contributed by atoms with van der Waals surface area (Å²) in [6, 6.07) is 16.1. The van der Waals surface area contributed by atoms with Gasteiger partial charge in [0.25, 0.3) is 11.8 Å². The van der Waals surface area contributed by atoms with Crippen LogP contribution >= 0.6 is 0 Å². The lowest BCUT2D eigenvalue weighted by Crippen LogP contribution is -2.28. The predicted molar refractivity (Wildman–Crippen MR) is 145 cm³/mol. The Labute approximate surface area is 223 Å². The Hall–Kier alpha value is -4.33. The van der Waals surface area contributed by atoms with Gasteiger partial charge in [-0.05, 0) is 64.1 Å². The minimum atomic E-state index is -0.536. The molecule has 0 aliphatic rings. The highest BCUT2D eigenvalue weighted by atomic mass is 16.5. The maximum atomic E-state index is 12.4. The summed E-state index contributed by atoms with van der Waals surface area (Å²) in [4.78, 5) is 37.0. The van der Waals surface area contributed by atoms with E-state index in [2.05, 4.69) is 10.6 Å². The van der Waals surface area contributed by atoms with Crippen molar-refractivity contribution in [2.45, 2.75) is 27.7 Å². The summed E-state index contributed by atoms with van der Waals surface area (Å²) in [5, 5.41) is 5.67. The molecule has 0 heterocycles. The largest absolute Gasteiger partial charge is 0.492 e. The van der Waals surface area contributed by atoms with Gasteiger partial charge in [0.05, 0.1) is 25.8 Å². The number of esters is 1. The van der Waals surface area contributed by atoms with E-state index in [1.807, 2.05) is 64.1 Å². The summed E-state index contributed by atoms with van der Waals surface area (Å²) in [6.07, 6.45) is 0. The lowest BCUT2D eigenvalue weighted by molar-refractivity contribution is 0.0599. The zero-order chi connectivity index (χ0) is 27.7. The van der Waals surface area contributed by atoms with Crippen LogP contribution in [-0.2, 0) is 4.74 Å². The number of hydrogen-bond donors (Lipinski definition) is 2. The Bertz CT molecular complexity index is 1190. The molecule has 0 unspecified atom stereocenters. The summed E-state index contributed by atoms with van der Waals surface area (Å²) in [7, 11) is 1.29. The maximum Gasteiger partial charge on any atom is 0.338 e. The molecule has 2 N–H and O–H groups in total. The van der Waals surface area contributed by atoms with Crippen molar-refractivity contribution in [1.82, 2.24) is 10.6 Å². The third-order valence-corrected chi connectivity index (χ3v) is 5.58. The van der Waals surface area contributed by atoms with Crippen LogP contribution in [0, 0.1) is 27.7 Å². The molecule has 8 nitrogen and oxygen atoms in total. The topological polar surface area (TPSA) is 103 Å². The first-order valence-corrected chi connectivity index (χ1v) is 12.4. The molecule has 0 radical (unpaired) electrons. The summed E-state index contributed by atoms with van der Waals surface area (Å²) in [5.74, 6) is -0.122. The van der Waals surface area contributed by atoms with Gasteiger partial charge in [0, 0.05) is 17.2 Å². The van der Waals surface area contributed by atoms with E-state index in [1.165, 1.54) is 7.11 Å². The minimum Gasteiger partial charge on any atom is -0.492 e. The second-order valence-corrected chi connectivity index (χ2v) is 9.15. The monoisotopic (exact) mass is 518 g/mol. The van der Waals surface area contributed by atoms with Crippen molar-refractivity contribution >= 4 is 17.8 Å². The first-order chi connectivity index (χ1) is 18.1. The molecule has 0 atom stereocenters. The highest BCUT2D eigenvalue weighted by Crippen LogP contribution is 2.23. The summed E-state index contributed by atoms with van der Waals surface area (Å²) in [6.45, 7) is 8.70. The molecular weight excluding hydrogens is 484 g/mol. The number of carbonyl (C=O) groups excluding carboxylic acids is 3. The average molecular weight is 519 g/mol. The first-order valence-electron chi connectivity index (χ1n) is 12.4. The average Bonchev–Trinajstić information content (AvgIpc) is 2.87. The molecule has 38 heavy (non-hydrogen) atoms. The smallest absolute Gasteiger partial charge is 0.338 e. The van der Waals surface area contributed by atoms with E-state index < -0.39 is 5.97 Å². The number of methoxy groups -OCH3 is 1. The fraction of sp³-hybridized carbons (Fsp3) is 0.300. The van der Waals surface area contributed by atoms with E-state index in [0.717, 1.165) is 22.3 Å². The highest BCUT2D eigenvalue weighted by Gasteiger charge is 2.12. The van der Waals surface area contributed by atoms with Crippen molar-refractivity contribution in [2.24, 2.45) is 0 Å². The van der Waals surface area contributed by atoms with E-state index in [9.17, 15) is 14.4 Å². The van der Waals surface area contributed by atoms with Crippen LogP contribution < -0.4 is 20.1 Å². The Morgan fingerprint density at radius 3 is 1.34 bits per heavy atom. The van der Waals surface area contributed by atoms with E-state index in [-0.39, 0.29) is 43.7 Å². The van der Waals surface area contributed by atoms with Crippen LogP contribution in [0.2, 0.25) is 0 Å². The summed E-state index contributed by atoms with van der Waals surface area (Å²) >= 11 is 0. The Kier molecular flexibility index (Phi) is 9.87. The molecule has 0 bridgehead atoms. The molecule has 0 aromatic heterocycles. The number of ether oxygens (including phenoxy) is 3. The van der Waals surface area contributed by atoms with E-state index in [0.29, 0.717) is 22.6 Å².